The Labute approximate surface area is 96.9 Å². The molecule has 1 aliphatic carbocycles. The highest BCUT2D eigenvalue weighted by atomic mass is 16.5. The normalized spacial score (nSPS) is 16.7. The third kappa shape index (κ3) is 4.33. The summed E-state index contributed by atoms with van der Waals surface area (Å²) in [7, 11) is 0. The van der Waals surface area contributed by atoms with E-state index in [1.165, 1.54) is 25.3 Å². The maximum atomic E-state index is 11.1. The highest BCUT2D eigenvalue weighted by Gasteiger charge is 2.23. The third-order valence-corrected chi connectivity index (χ3v) is 2.86. The van der Waals surface area contributed by atoms with Gasteiger partial charge >= 0.3 is 5.97 Å². The predicted octanol–water partition coefficient (Wildman–Crippen LogP) is 0.952. The van der Waals surface area contributed by atoms with Gasteiger partial charge in [0.1, 0.15) is 0 Å². The van der Waals surface area contributed by atoms with E-state index in [9.17, 15) is 4.79 Å². The van der Waals surface area contributed by atoms with Crippen LogP contribution < -0.4 is 0 Å². The second-order valence-electron chi connectivity index (χ2n) is 3.96. The molecule has 1 aliphatic rings. The lowest BCUT2D eigenvalue weighted by molar-refractivity contribution is -0.137. The molecule has 0 atom stereocenters. The van der Waals surface area contributed by atoms with E-state index in [4.69, 9.17) is 9.84 Å². The number of aliphatic hydroxyl groups is 1. The summed E-state index contributed by atoms with van der Waals surface area (Å²) in [6.07, 6.45) is 6.95. The molecule has 0 bridgehead atoms. The van der Waals surface area contributed by atoms with E-state index in [0.717, 1.165) is 0 Å². The molecule has 0 spiro atoms. The lowest BCUT2D eigenvalue weighted by Crippen LogP contribution is -2.41. The fraction of sp³-hybridized carbons (Fsp3) is 0.750. The number of carbonyl (C=O) groups excluding carboxylic acids is 1. The Kier molecular flexibility index (Phi) is 6.11. The molecule has 1 N–H and O–H groups in total. The molecule has 0 unspecified atom stereocenters. The van der Waals surface area contributed by atoms with Gasteiger partial charge in [-0.05, 0) is 19.8 Å². The van der Waals surface area contributed by atoms with Crippen molar-refractivity contribution in [3.63, 3.8) is 0 Å². The molecule has 0 aliphatic heterocycles. The van der Waals surface area contributed by atoms with Crippen LogP contribution in [0.15, 0.2) is 12.2 Å². The summed E-state index contributed by atoms with van der Waals surface area (Å²) >= 11 is 0. The molecule has 16 heavy (non-hydrogen) atoms. The lowest BCUT2D eigenvalue weighted by Gasteiger charge is -2.36. The topological polar surface area (TPSA) is 49.8 Å². The van der Waals surface area contributed by atoms with E-state index in [1.807, 2.05) is 6.08 Å². The molecule has 0 saturated heterocycles. The van der Waals surface area contributed by atoms with Crippen LogP contribution in [0.4, 0.5) is 0 Å². The van der Waals surface area contributed by atoms with E-state index in [0.29, 0.717) is 25.7 Å². The SMILES string of the molecule is CCOC(=O)/C=C/CN(CCO)C1CCC1. The lowest BCUT2D eigenvalue weighted by atomic mass is 9.91. The van der Waals surface area contributed by atoms with Crippen molar-refractivity contribution < 1.29 is 14.6 Å². The number of esters is 1. The summed E-state index contributed by atoms with van der Waals surface area (Å²) in [6.45, 7) is 3.76. The second kappa shape index (κ2) is 7.41. The van der Waals surface area contributed by atoms with E-state index >= 15 is 0 Å². The molecule has 0 amide bonds. The first kappa shape index (κ1) is 13.2. The van der Waals surface area contributed by atoms with Crippen molar-refractivity contribution in [3.05, 3.63) is 12.2 Å². The fourth-order valence-corrected chi connectivity index (χ4v) is 1.78. The van der Waals surface area contributed by atoms with E-state index in [-0.39, 0.29) is 12.6 Å². The molecule has 0 aromatic rings. The molecule has 1 fully saturated rings. The molecule has 92 valence electrons. The van der Waals surface area contributed by atoms with Crippen molar-refractivity contribution in [3.8, 4) is 0 Å². The van der Waals surface area contributed by atoms with Gasteiger partial charge < -0.3 is 9.84 Å². The first-order valence-electron chi connectivity index (χ1n) is 5.96. The maximum absolute atomic E-state index is 11.1. The van der Waals surface area contributed by atoms with Crippen molar-refractivity contribution in [1.82, 2.24) is 4.90 Å². The summed E-state index contributed by atoms with van der Waals surface area (Å²) in [5, 5.41) is 8.94. The number of hydrogen-bond donors (Lipinski definition) is 1. The van der Waals surface area contributed by atoms with Crippen LogP contribution in [0.5, 0.6) is 0 Å². The summed E-state index contributed by atoms with van der Waals surface area (Å²) < 4.78 is 4.79. The maximum Gasteiger partial charge on any atom is 0.330 e. The van der Waals surface area contributed by atoms with Gasteiger partial charge in [-0.15, -0.1) is 0 Å². The van der Waals surface area contributed by atoms with Crippen LogP contribution in [0.2, 0.25) is 0 Å². The van der Waals surface area contributed by atoms with E-state index in [1.54, 1.807) is 6.92 Å². The van der Waals surface area contributed by atoms with Crippen LogP contribution in [0.1, 0.15) is 26.2 Å². The Morgan fingerprint density at radius 1 is 1.56 bits per heavy atom. The average molecular weight is 227 g/mol. The number of aliphatic hydroxyl groups excluding tert-OH is 1. The van der Waals surface area contributed by atoms with Crippen LogP contribution in [-0.2, 0) is 9.53 Å². The van der Waals surface area contributed by atoms with Crippen LogP contribution in [-0.4, -0.2) is 48.3 Å². The molecular weight excluding hydrogens is 206 g/mol. The van der Waals surface area contributed by atoms with E-state index in [2.05, 4.69) is 4.90 Å². The van der Waals surface area contributed by atoms with Crippen LogP contribution in [0.3, 0.4) is 0 Å². The summed E-state index contributed by atoms with van der Waals surface area (Å²) in [5.74, 6) is -0.292. The monoisotopic (exact) mass is 227 g/mol. The highest BCUT2D eigenvalue weighted by Crippen LogP contribution is 2.24. The van der Waals surface area contributed by atoms with Crippen molar-refractivity contribution in [2.75, 3.05) is 26.3 Å². The number of rotatable bonds is 7. The first-order valence-corrected chi connectivity index (χ1v) is 5.96. The number of ether oxygens (including phenoxy) is 1. The van der Waals surface area contributed by atoms with Gasteiger partial charge in [0, 0.05) is 25.2 Å². The molecule has 4 heteroatoms. The Morgan fingerprint density at radius 2 is 2.31 bits per heavy atom. The van der Waals surface area contributed by atoms with Gasteiger partial charge in [-0.2, -0.15) is 0 Å². The van der Waals surface area contributed by atoms with Crippen molar-refractivity contribution in [2.24, 2.45) is 0 Å². The Bertz CT molecular complexity index is 236. The molecule has 0 heterocycles. The largest absolute Gasteiger partial charge is 0.463 e. The van der Waals surface area contributed by atoms with Gasteiger partial charge in [0.15, 0.2) is 0 Å². The van der Waals surface area contributed by atoms with Crippen molar-refractivity contribution in [1.29, 1.82) is 0 Å². The van der Waals surface area contributed by atoms with Crippen LogP contribution >= 0.6 is 0 Å². The smallest absolute Gasteiger partial charge is 0.330 e. The second-order valence-corrected chi connectivity index (χ2v) is 3.96. The zero-order valence-electron chi connectivity index (χ0n) is 9.89. The van der Waals surface area contributed by atoms with Crippen LogP contribution in [0, 0.1) is 0 Å². The molecule has 0 radical (unpaired) electrons. The molecule has 0 aromatic heterocycles. The molecule has 4 nitrogen and oxygen atoms in total. The summed E-state index contributed by atoms with van der Waals surface area (Å²) in [5.41, 5.74) is 0. The molecule has 0 aromatic carbocycles. The summed E-state index contributed by atoms with van der Waals surface area (Å²) in [6, 6.07) is 0.582. The minimum atomic E-state index is -0.292. The quantitative estimate of drug-likeness (QED) is 0.520. The minimum Gasteiger partial charge on any atom is -0.463 e. The zero-order valence-corrected chi connectivity index (χ0v) is 9.89. The zero-order chi connectivity index (χ0) is 11.8. The minimum absolute atomic E-state index is 0.170. The predicted molar refractivity (Wildman–Crippen MR) is 62.1 cm³/mol. The van der Waals surface area contributed by atoms with Gasteiger partial charge in [-0.1, -0.05) is 12.5 Å². The van der Waals surface area contributed by atoms with Gasteiger partial charge in [0.05, 0.1) is 13.2 Å². The average Bonchev–Trinajstić information content (AvgIpc) is 2.15. The first-order chi connectivity index (χ1) is 7.77. The Hall–Kier alpha value is -0.870. The molecule has 1 saturated carbocycles. The van der Waals surface area contributed by atoms with Gasteiger partial charge in [0.25, 0.3) is 0 Å². The Balaban J connectivity index is 2.28. The van der Waals surface area contributed by atoms with Gasteiger partial charge in [-0.3, -0.25) is 4.90 Å². The van der Waals surface area contributed by atoms with Gasteiger partial charge in [-0.25, -0.2) is 4.79 Å². The number of nitrogens with zero attached hydrogens (tertiary/aromatic N) is 1. The highest BCUT2D eigenvalue weighted by molar-refractivity contribution is 5.81. The Morgan fingerprint density at radius 3 is 2.81 bits per heavy atom. The van der Waals surface area contributed by atoms with E-state index < -0.39 is 0 Å². The standard InChI is InChI=1S/C12H21NO3/c1-2-16-12(15)7-4-8-13(9-10-14)11-5-3-6-11/h4,7,11,14H,2-3,5-6,8-10H2,1H3/b7-4+. The molecular formula is C12H21NO3. The number of hydrogen-bond acceptors (Lipinski definition) is 4. The van der Waals surface area contributed by atoms with Crippen LogP contribution in [0.25, 0.3) is 0 Å². The van der Waals surface area contributed by atoms with Crippen molar-refractivity contribution >= 4 is 5.97 Å². The summed E-state index contributed by atoms with van der Waals surface area (Å²) in [4.78, 5) is 13.3. The molecule has 1 rings (SSSR count). The van der Waals surface area contributed by atoms with Crippen molar-refractivity contribution in [2.45, 2.75) is 32.2 Å². The fourth-order valence-electron chi connectivity index (χ4n) is 1.78. The number of carbonyl (C=O) groups is 1. The third-order valence-electron chi connectivity index (χ3n) is 2.86. The van der Waals surface area contributed by atoms with Gasteiger partial charge in [0.2, 0.25) is 0 Å².